The van der Waals surface area contributed by atoms with Crippen molar-refractivity contribution in [1.29, 1.82) is 0 Å². The van der Waals surface area contributed by atoms with E-state index in [0.29, 0.717) is 23.6 Å². The number of amides is 2. The van der Waals surface area contributed by atoms with Gasteiger partial charge in [0.2, 0.25) is 12.7 Å². The van der Waals surface area contributed by atoms with Gasteiger partial charge < -0.3 is 14.8 Å². The molecule has 166 valence electrons. The molecule has 3 aromatic rings. The number of fused-ring (bicyclic) bond motifs is 3. The number of hydrogen-bond acceptors (Lipinski definition) is 7. The molecule has 0 bridgehead atoms. The van der Waals surface area contributed by atoms with Gasteiger partial charge in [-0.15, -0.1) is 0 Å². The molecule has 2 unspecified atom stereocenters. The maximum Gasteiger partial charge on any atom is 0.267 e. The van der Waals surface area contributed by atoms with Gasteiger partial charge in [-0.3, -0.25) is 14.6 Å². The van der Waals surface area contributed by atoms with Crippen LogP contribution in [0, 0.1) is 0 Å². The van der Waals surface area contributed by atoms with Gasteiger partial charge in [0, 0.05) is 11.8 Å². The average molecular weight is 443 g/mol. The zero-order valence-electron chi connectivity index (χ0n) is 17.6. The third kappa shape index (κ3) is 3.52. The second-order valence-corrected chi connectivity index (χ2v) is 8.15. The van der Waals surface area contributed by atoms with Gasteiger partial charge >= 0.3 is 0 Å². The van der Waals surface area contributed by atoms with Crippen molar-refractivity contribution < 1.29 is 19.1 Å². The highest BCUT2D eigenvalue weighted by molar-refractivity contribution is 5.97. The number of hydrogen-bond donors (Lipinski definition) is 2. The van der Waals surface area contributed by atoms with Crippen LogP contribution in [0.4, 0.5) is 5.69 Å². The number of carbonyl (C=O) groups is 2. The quantitative estimate of drug-likeness (QED) is 0.644. The maximum absolute atomic E-state index is 13.1. The fourth-order valence-corrected chi connectivity index (χ4v) is 4.52. The molecule has 0 aliphatic carbocycles. The van der Waals surface area contributed by atoms with E-state index < -0.39 is 6.04 Å². The van der Waals surface area contributed by atoms with Crippen molar-refractivity contribution in [3.8, 4) is 11.5 Å². The minimum atomic E-state index is -0.426. The minimum absolute atomic E-state index is 0.0288. The van der Waals surface area contributed by atoms with Crippen molar-refractivity contribution in [3.05, 3.63) is 66.2 Å². The Bertz CT molecular complexity index is 1290. The van der Waals surface area contributed by atoms with E-state index in [1.807, 2.05) is 18.2 Å². The Morgan fingerprint density at radius 2 is 1.94 bits per heavy atom. The van der Waals surface area contributed by atoms with E-state index in [4.69, 9.17) is 9.47 Å². The fourth-order valence-electron chi connectivity index (χ4n) is 4.52. The van der Waals surface area contributed by atoms with Crippen molar-refractivity contribution in [2.45, 2.75) is 18.5 Å². The third-order valence-electron chi connectivity index (χ3n) is 6.10. The van der Waals surface area contributed by atoms with Crippen molar-refractivity contribution in [3.63, 3.8) is 0 Å². The number of hydrazine groups is 1. The number of ether oxygens (including phenoxy) is 2. The largest absolute Gasteiger partial charge is 0.454 e. The van der Waals surface area contributed by atoms with Gasteiger partial charge in [-0.2, -0.15) is 5.10 Å². The predicted molar refractivity (Wildman–Crippen MR) is 121 cm³/mol. The summed E-state index contributed by atoms with van der Waals surface area (Å²) < 4.78 is 10.6. The molecular formula is C24H21N5O4. The van der Waals surface area contributed by atoms with Gasteiger partial charge in [0.25, 0.3) is 5.91 Å². The highest BCUT2D eigenvalue weighted by Crippen LogP contribution is 2.35. The first-order chi connectivity index (χ1) is 16.2. The summed E-state index contributed by atoms with van der Waals surface area (Å²) >= 11 is 0. The van der Waals surface area contributed by atoms with Crippen LogP contribution in [0.1, 0.15) is 18.0 Å². The smallest absolute Gasteiger partial charge is 0.267 e. The van der Waals surface area contributed by atoms with Crippen LogP contribution >= 0.6 is 0 Å². The molecular weight excluding hydrogens is 422 g/mol. The van der Waals surface area contributed by atoms with Crippen LogP contribution in [-0.2, 0) is 9.59 Å². The minimum Gasteiger partial charge on any atom is -0.454 e. The average Bonchev–Trinajstić information content (AvgIpc) is 3.47. The molecule has 3 aliphatic rings. The van der Waals surface area contributed by atoms with Gasteiger partial charge in [-0.05, 0) is 34.9 Å². The van der Waals surface area contributed by atoms with Crippen LogP contribution in [0.15, 0.2) is 65.8 Å². The highest BCUT2D eigenvalue weighted by atomic mass is 16.7. The number of benzene rings is 3. The maximum atomic E-state index is 13.1. The zero-order chi connectivity index (χ0) is 22.4. The Morgan fingerprint density at radius 1 is 1.09 bits per heavy atom. The molecule has 0 saturated carbocycles. The summed E-state index contributed by atoms with van der Waals surface area (Å²) in [6, 6.07) is 19.1. The normalized spacial score (nSPS) is 20.9. The van der Waals surface area contributed by atoms with Crippen LogP contribution in [0.2, 0.25) is 0 Å². The zero-order valence-corrected chi connectivity index (χ0v) is 17.6. The van der Waals surface area contributed by atoms with Crippen LogP contribution < -0.4 is 20.2 Å². The second-order valence-electron chi connectivity index (χ2n) is 8.15. The van der Waals surface area contributed by atoms with Crippen molar-refractivity contribution in [2.75, 3.05) is 18.7 Å². The van der Waals surface area contributed by atoms with E-state index in [-0.39, 0.29) is 31.2 Å². The summed E-state index contributed by atoms with van der Waals surface area (Å²) in [5, 5.41) is 12.2. The number of rotatable bonds is 4. The fraction of sp³-hybridized carbons (Fsp3) is 0.208. The molecule has 33 heavy (non-hydrogen) atoms. The van der Waals surface area contributed by atoms with Gasteiger partial charge in [0.05, 0.1) is 6.04 Å². The van der Waals surface area contributed by atoms with E-state index in [9.17, 15) is 9.59 Å². The number of carbonyl (C=O) groups excluding carboxylic acids is 2. The van der Waals surface area contributed by atoms with E-state index in [1.165, 1.54) is 5.01 Å². The summed E-state index contributed by atoms with van der Waals surface area (Å²) in [6.45, 7) is -0.0114. The first kappa shape index (κ1) is 19.6. The third-order valence-corrected chi connectivity index (χ3v) is 6.10. The van der Waals surface area contributed by atoms with Gasteiger partial charge in [0.15, 0.2) is 11.5 Å². The van der Waals surface area contributed by atoms with E-state index in [1.54, 1.807) is 29.5 Å². The molecule has 3 aliphatic heterocycles. The van der Waals surface area contributed by atoms with Gasteiger partial charge in [0.1, 0.15) is 18.9 Å². The van der Waals surface area contributed by atoms with E-state index in [2.05, 4.69) is 40.1 Å². The summed E-state index contributed by atoms with van der Waals surface area (Å²) in [4.78, 5) is 25.7. The topological polar surface area (TPSA) is 95.5 Å². The molecule has 2 N–H and O–H groups in total. The van der Waals surface area contributed by atoms with Crippen molar-refractivity contribution >= 4 is 34.6 Å². The highest BCUT2D eigenvalue weighted by Gasteiger charge is 2.41. The lowest BCUT2D eigenvalue weighted by Crippen LogP contribution is -2.52. The monoisotopic (exact) mass is 443 g/mol. The molecule has 3 aromatic carbocycles. The molecule has 1 saturated heterocycles. The molecule has 0 radical (unpaired) electrons. The van der Waals surface area contributed by atoms with Gasteiger partial charge in [-0.25, -0.2) is 10.4 Å². The molecule has 9 heteroatoms. The second kappa shape index (κ2) is 7.79. The van der Waals surface area contributed by atoms with Crippen LogP contribution in [-0.4, -0.2) is 47.6 Å². The SMILES string of the molecule is O=C(CN1N=CN2NC(c3cccc4ccccc34)CC2C1=O)Nc1ccc2c(c1)OCO2. The molecule has 6 rings (SSSR count). The standard InChI is InChI=1S/C24H21N5O4/c30-23(26-16-8-9-21-22(10-16)33-14-32-21)12-28-24(31)20-11-19(27-29(20)13-25-28)18-7-3-5-15-4-1-2-6-17(15)18/h1-10,13,19-20,27H,11-12,14H2,(H,26,30). The lowest BCUT2D eigenvalue weighted by molar-refractivity contribution is -0.139. The Hall–Kier alpha value is -4.11. The Labute approximate surface area is 189 Å². The summed E-state index contributed by atoms with van der Waals surface area (Å²) in [5.41, 5.74) is 5.08. The Balaban J connectivity index is 1.14. The lowest BCUT2D eigenvalue weighted by Gasteiger charge is -2.29. The molecule has 0 spiro atoms. The molecule has 2 atom stereocenters. The molecule has 0 aromatic heterocycles. The Morgan fingerprint density at radius 3 is 2.88 bits per heavy atom. The van der Waals surface area contributed by atoms with Crippen molar-refractivity contribution in [1.82, 2.24) is 15.4 Å². The number of hydrazone groups is 1. The molecule has 2 amide bonds. The number of nitrogens with one attached hydrogen (secondary N) is 2. The number of nitrogens with zero attached hydrogens (tertiary/aromatic N) is 3. The molecule has 3 heterocycles. The van der Waals surface area contributed by atoms with Crippen LogP contribution in [0.5, 0.6) is 11.5 Å². The first-order valence-electron chi connectivity index (χ1n) is 10.7. The summed E-state index contributed by atoms with van der Waals surface area (Å²) in [5.74, 6) is 0.656. The van der Waals surface area contributed by atoms with Gasteiger partial charge in [-0.1, -0.05) is 42.5 Å². The van der Waals surface area contributed by atoms with Crippen molar-refractivity contribution in [2.24, 2.45) is 5.10 Å². The Kier molecular flexibility index (Phi) is 4.62. The summed E-state index contributed by atoms with van der Waals surface area (Å²) in [6.07, 6.45) is 2.16. The first-order valence-corrected chi connectivity index (χ1v) is 10.7. The molecule has 1 fully saturated rings. The summed E-state index contributed by atoms with van der Waals surface area (Å²) in [7, 11) is 0. The predicted octanol–water partition coefficient (Wildman–Crippen LogP) is 2.61. The van der Waals surface area contributed by atoms with E-state index >= 15 is 0 Å². The van der Waals surface area contributed by atoms with Crippen LogP contribution in [0.3, 0.4) is 0 Å². The number of anilines is 1. The lowest BCUT2D eigenvalue weighted by atomic mass is 9.96. The molecule has 9 nitrogen and oxygen atoms in total. The van der Waals surface area contributed by atoms with E-state index in [0.717, 1.165) is 16.3 Å². The van der Waals surface area contributed by atoms with Crippen LogP contribution in [0.25, 0.3) is 10.8 Å².